The van der Waals surface area contributed by atoms with E-state index in [1.165, 1.54) is 7.11 Å². The molecule has 0 aliphatic carbocycles. The molecule has 3 rings (SSSR count). The minimum Gasteiger partial charge on any atom is -0.465 e. The quantitative estimate of drug-likeness (QED) is 0.547. The van der Waals surface area contributed by atoms with Gasteiger partial charge in [0.15, 0.2) is 0 Å². The minimum atomic E-state index is -0.417. The lowest BCUT2D eigenvalue weighted by Crippen LogP contribution is -2.25. The lowest BCUT2D eigenvalue weighted by Gasteiger charge is -2.08. The number of fused-ring (bicyclic) bond motifs is 1. The van der Waals surface area contributed by atoms with Crippen molar-refractivity contribution in [2.75, 3.05) is 13.7 Å². The summed E-state index contributed by atoms with van der Waals surface area (Å²) in [6.07, 6.45) is 0.799. The first-order valence-electron chi connectivity index (χ1n) is 8.48. The Hall–Kier alpha value is -3.15. The number of rotatable bonds is 6. The molecule has 1 heterocycles. The molecule has 0 fully saturated rings. The van der Waals surface area contributed by atoms with Gasteiger partial charge in [-0.15, -0.1) is 0 Å². The van der Waals surface area contributed by atoms with Crippen LogP contribution in [0.5, 0.6) is 0 Å². The standard InChI is InChI=1S/C20H21N3O3/c1-14-22-17-6-3-4-7-18(17)23(14)13-5-12-21-19(24)15-8-10-16(11-9-15)20(25)26-2/h3-4,6-11H,5,12-13H2,1-2H3,(H,21,24). The maximum Gasteiger partial charge on any atom is 0.337 e. The van der Waals surface area contributed by atoms with Crippen LogP contribution in [0.25, 0.3) is 11.0 Å². The van der Waals surface area contributed by atoms with Crippen molar-refractivity contribution >= 4 is 22.9 Å². The molecule has 0 spiro atoms. The average Bonchev–Trinajstić information content (AvgIpc) is 2.99. The Morgan fingerprint density at radius 2 is 1.77 bits per heavy atom. The third-order valence-corrected chi connectivity index (χ3v) is 4.26. The molecule has 0 unspecified atom stereocenters. The Balaban J connectivity index is 1.54. The fourth-order valence-corrected chi connectivity index (χ4v) is 2.89. The average molecular weight is 351 g/mol. The number of esters is 1. The molecule has 0 saturated carbocycles. The van der Waals surface area contributed by atoms with Crippen LogP contribution in [0.2, 0.25) is 0 Å². The van der Waals surface area contributed by atoms with E-state index in [2.05, 4.69) is 25.7 Å². The number of imidazole rings is 1. The van der Waals surface area contributed by atoms with Crippen LogP contribution in [0.3, 0.4) is 0 Å². The lowest BCUT2D eigenvalue weighted by molar-refractivity contribution is 0.0600. The minimum absolute atomic E-state index is 0.159. The van der Waals surface area contributed by atoms with Gasteiger partial charge in [0, 0.05) is 18.7 Å². The third-order valence-electron chi connectivity index (χ3n) is 4.26. The maximum atomic E-state index is 12.2. The Labute approximate surface area is 151 Å². The van der Waals surface area contributed by atoms with E-state index in [1.54, 1.807) is 24.3 Å². The van der Waals surface area contributed by atoms with Crippen molar-refractivity contribution in [2.45, 2.75) is 19.9 Å². The van der Waals surface area contributed by atoms with Crippen LogP contribution in [0.1, 0.15) is 33.0 Å². The van der Waals surface area contributed by atoms with Crippen molar-refractivity contribution in [3.8, 4) is 0 Å². The second-order valence-corrected chi connectivity index (χ2v) is 5.98. The summed E-state index contributed by atoms with van der Waals surface area (Å²) in [7, 11) is 1.33. The highest BCUT2D eigenvalue weighted by molar-refractivity contribution is 5.96. The molecule has 0 radical (unpaired) electrons. The van der Waals surface area contributed by atoms with Gasteiger partial charge in [0.2, 0.25) is 0 Å². The zero-order valence-corrected chi connectivity index (χ0v) is 14.9. The molecule has 26 heavy (non-hydrogen) atoms. The second-order valence-electron chi connectivity index (χ2n) is 5.98. The molecular weight excluding hydrogens is 330 g/mol. The molecule has 0 aliphatic heterocycles. The third kappa shape index (κ3) is 3.74. The first-order valence-corrected chi connectivity index (χ1v) is 8.48. The molecule has 0 atom stereocenters. The SMILES string of the molecule is COC(=O)c1ccc(C(=O)NCCCn2c(C)nc3ccccc32)cc1. The molecule has 0 bridgehead atoms. The summed E-state index contributed by atoms with van der Waals surface area (Å²) in [5.74, 6) is 0.393. The second kappa shape index (κ2) is 7.82. The van der Waals surface area contributed by atoms with E-state index in [0.717, 1.165) is 29.8 Å². The highest BCUT2D eigenvalue weighted by atomic mass is 16.5. The Morgan fingerprint density at radius 3 is 2.50 bits per heavy atom. The molecule has 1 amide bonds. The number of aryl methyl sites for hydroxylation is 2. The predicted octanol–water partition coefficient (Wildman–Crippen LogP) is 2.95. The first kappa shape index (κ1) is 17.7. The van der Waals surface area contributed by atoms with Crippen LogP contribution in [-0.2, 0) is 11.3 Å². The van der Waals surface area contributed by atoms with Gasteiger partial charge in [-0.25, -0.2) is 9.78 Å². The van der Waals surface area contributed by atoms with Crippen LogP contribution >= 0.6 is 0 Å². The molecule has 3 aromatic rings. The van der Waals surface area contributed by atoms with Crippen molar-refractivity contribution in [1.82, 2.24) is 14.9 Å². The van der Waals surface area contributed by atoms with E-state index in [-0.39, 0.29) is 5.91 Å². The van der Waals surface area contributed by atoms with Gasteiger partial charge in [0.05, 0.1) is 23.7 Å². The number of benzene rings is 2. The topological polar surface area (TPSA) is 73.2 Å². The number of hydrogen-bond donors (Lipinski definition) is 1. The Kier molecular flexibility index (Phi) is 5.31. The van der Waals surface area contributed by atoms with Gasteiger partial charge in [-0.05, 0) is 49.7 Å². The smallest absolute Gasteiger partial charge is 0.337 e. The van der Waals surface area contributed by atoms with Gasteiger partial charge < -0.3 is 14.6 Å². The van der Waals surface area contributed by atoms with Crippen molar-refractivity contribution in [3.05, 3.63) is 65.5 Å². The van der Waals surface area contributed by atoms with Crippen molar-refractivity contribution in [1.29, 1.82) is 0 Å². The normalized spacial score (nSPS) is 10.7. The van der Waals surface area contributed by atoms with E-state index in [0.29, 0.717) is 17.7 Å². The summed E-state index contributed by atoms with van der Waals surface area (Å²) < 4.78 is 6.80. The molecule has 6 heteroatoms. The summed E-state index contributed by atoms with van der Waals surface area (Å²) in [4.78, 5) is 28.1. The van der Waals surface area contributed by atoms with Crippen LogP contribution < -0.4 is 5.32 Å². The van der Waals surface area contributed by atoms with Crippen molar-refractivity contribution in [2.24, 2.45) is 0 Å². The molecule has 1 N–H and O–H groups in total. The molecule has 0 saturated heterocycles. The zero-order valence-electron chi connectivity index (χ0n) is 14.9. The number of methoxy groups -OCH3 is 1. The summed E-state index contributed by atoms with van der Waals surface area (Å²) >= 11 is 0. The summed E-state index contributed by atoms with van der Waals surface area (Å²) in [6, 6.07) is 14.4. The number of nitrogens with zero attached hydrogens (tertiary/aromatic N) is 2. The molecule has 1 aromatic heterocycles. The highest BCUT2D eigenvalue weighted by Crippen LogP contribution is 2.15. The number of carbonyl (C=O) groups excluding carboxylic acids is 2. The van der Waals surface area contributed by atoms with Crippen molar-refractivity contribution < 1.29 is 14.3 Å². The van der Waals surface area contributed by atoms with E-state index in [9.17, 15) is 9.59 Å². The summed E-state index contributed by atoms with van der Waals surface area (Å²) in [5, 5.41) is 2.90. The number of para-hydroxylation sites is 2. The molecule has 2 aromatic carbocycles. The largest absolute Gasteiger partial charge is 0.465 e. The van der Waals surface area contributed by atoms with Gasteiger partial charge in [-0.3, -0.25) is 4.79 Å². The number of carbonyl (C=O) groups is 2. The lowest BCUT2D eigenvalue weighted by atomic mass is 10.1. The Morgan fingerprint density at radius 1 is 1.08 bits per heavy atom. The summed E-state index contributed by atoms with van der Waals surface area (Å²) in [6.45, 7) is 3.33. The molecule has 6 nitrogen and oxygen atoms in total. The predicted molar refractivity (Wildman–Crippen MR) is 99.2 cm³/mol. The number of amides is 1. The number of nitrogens with one attached hydrogen (secondary N) is 1. The van der Waals surface area contributed by atoms with E-state index in [1.807, 2.05) is 25.1 Å². The van der Waals surface area contributed by atoms with E-state index >= 15 is 0 Å². The highest BCUT2D eigenvalue weighted by Gasteiger charge is 2.09. The monoisotopic (exact) mass is 351 g/mol. The van der Waals surface area contributed by atoms with Crippen LogP contribution in [0, 0.1) is 6.92 Å². The zero-order chi connectivity index (χ0) is 18.5. The van der Waals surface area contributed by atoms with Gasteiger partial charge in [-0.1, -0.05) is 12.1 Å². The first-order chi connectivity index (χ1) is 12.6. The van der Waals surface area contributed by atoms with Gasteiger partial charge in [0.25, 0.3) is 5.91 Å². The molecule has 0 aliphatic rings. The molecule has 134 valence electrons. The number of ether oxygens (including phenoxy) is 1. The van der Waals surface area contributed by atoms with E-state index in [4.69, 9.17) is 0 Å². The van der Waals surface area contributed by atoms with Gasteiger partial charge in [-0.2, -0.15) is 0 Å². The van der Waals surface area contributed by atoms with Crippen molar-refractivity contribution in [3.63, 3.8) is 0 Å². The number of aromatic nitrogens is 2. The molecular formula is C20H21N3O3. The fraction of sp³-hybridized carbons (Fsp3) is 0.250. The van der Waals surface area contributed by atoms with Crippen LogP contribution in [0.15, 0.2) is 48.5 Å². The summed E-state index contributed by atoms with van der Waals surface area (Å²) in [5.41, 5.74) is 3.03. The van der Waals surface area contributed by atoms with Gasteiger partial charge >= 0.3 is 5.97 Å². The number of hydrogen-bond acceptors (Lipinski definition) is 4. The Bertz CT molecular complexity index is 929. The van der Waals surface area contributed by atoms with E-state index < -0.39 is 5.97 Å². The van der Waals surface area contributed by atoms with Crippen LogP contribution in [-0.4, -0.2) is 35.1 Å². The fourth-order valence-electron chi connectivity index (χ4n) is 2.89. The van der Waals surface area contributed by atoms with Gasteiger partial charge in [0.1, 0.15) is 5.82 Å². The maximum absolute atomic E-state index is 12.2. The van der Waals surface area contributed by atoms with Crippen LogP contribution in [0.4, 0.5) is 0 Å².